The van der Waals surface area contributed by atoms with E-state index in [9.17, 15) is 0 Å². The zero-order chi connectivity index (χ0) is 14.0. The number of aliphatic carboxylic acids is 2. The number of aliphatic hydroxyl groups excluding tert-OH is 2. The van der Waals surface area contributed by atoms with E-state index in [1.54, 1.807) is 0 Å². The maximum absolute atomic E-state index is 8.89. The molecule has 102 valence electrons. The van der Waals surface area contributed by atoms with Crippen molar-refractivity contribution in [2.45, 2.75) is 40.5 Å². The molecule has 0 saturated carbocycles. The van der Waals surface area contributed by atoms with Crippen molar-refractivity contribution in [3.63, 3.8) is 0 Å². The van der Waals surface area contributed by atoms with Crippen LogP contribution in [0.2, 0.25) is 0 Å². The third kappa shape index (κ3) is 979. The standard InChI is InChI=1S/2C3H8O.2C2H4O2.Zr/c2*1-2-3-4;2*1-2(3)4;/h2*4H,2-3H2,1H3;2*1H3,(H,3,4);/q;;;;+2/p-2. The van der Waals surface area contributed by atoms with Crippen LogP contribution in [0.15, 0.2) is 0 Å². The summed E-state index contributed by atoms with van der Waals surface area (Å²) in [4.78, 5) is 17.8. The van der Waals surface area contributed by atoms with Crippen LogP contribution in [0.1, 0.15) is 40.5 Å². The number of carboxylic acids is 2. The average molecular weight is 330 g/mol. The van der Waals surface area contributed by atoms with Crippen molar-refractivity contribution < 1.29 is 56.2 Å². The normalized spacial score (nSPS) is 6.47. The van der Waals surface area contributed by atoms with Crippen LogP contribution in [0.4, 0.5) is 0 Å². The van der Waals surface area contributed by atoms with Crippen LogP contribution >= 0.6 is 0 Å². The number of hydrogen-bond donors (Lipinski definition) is 2. The zero-order valence-corrected chi connectivity index (χ0v) is 13.3. The molecular formula is C10H22O6Zr. The van der Waals surface area contributed by atoms with E-state index >= 15 is 0 Å². The van der Waals surface area contributed by atoms with Crippen molar-refractivity contribution in [3.05, 3.63) is 0 Å². The predicted molar refractivity (Wildman–Crippen MR) is 56.1 cm³/mol. The van der Waals surface area contributed by atoms with Gasteiger partial charge in [0.25, 0.3) is 0 Å². The second-order valence-corrected chi connectivity index (χ2v) is 2.43. The molecule has 0 aliphatic rings. The topological polar surface area (TPSA) is 121 Å². The summed E-state index contributed by atoms with van der Waals surface area (Å²) in [7, 11) is 0. The first kappa shape index (κ1) is 30.1. The second-order valence-electron chi connectivity index (χ2n) is 2.43. The predicted octanol–water partition coefficient (Wildman–Crippen LogP) is -1.71. The van der Waals surface area contributed by atoms with Crippen molar-refractivity contribution in [2.75, 3.05) is 13.2 Å². The average Bonchev–Trinajstić information content (AvgIpc) is 2.16. The van der Waals surface area contributed by atoms with Gasteiger partial charge in [0.05, 0.1) is 0 Å². The number of hydrogen-bond acceptors (Lipinski definition) is 6. The van der Waals surface area contributed by atoms with Gasteiger partial charge < -0.3 is 30.0 Å². The molecule has 2 N–H and O–H groups in total. The summed E-state index contributed by atoms with van der Waals surface area (Å²) in [5.41, 5.74) is 0. The molecule has 17 heavy (non-hydrogen) atoms. The Kier molecular flexibility index (Phi) is 63.8. The van der Waals surface area contributed by atoms with Gasteiger partial charge in [-0.05, 0) is 26.7 Å². The molecule has 0 spiro atoms. The molecule has 0 unspecified atom stereocenters. The summed E-state index contributed by atoms with van der Waals surface area (Å²) in [6.07, 6.45) is 1.75. The Labute approximate surface area is 122 Å². The van der Waals surface area contributed by atoms with E-state index in [0.29, 0.717) is 13.2 Å². The van der Waals surface area contributed by atoms with E-state index < -0.39 is 11.9 Å². The summed E-state index contributed by atoms with van der Waals surface area (Å²) in [5, 5.41) is 33.5. The Morgan fingerprint density at radius 1 is 0.882 bits per heavy atom. The minimum absolute atomic E-state index is 0. The van der Waals surface area contributed by atoms with Crippen LogP contribution in [-0.2, 0) is 35.8 Å². The smallest absolute Gasteiger partial charge is 0.550 e. The van der Waals surface area contributed by atoms with Gasteiger partial charge in [-0.15, -0.1) is 0 Å². The largest absolute Gasteiger partial charge is 2.00 e. The zero-order valence-electron chi connectivity index (χ0n) is 10.9. The van der Waals surface area contributed by atoms with Crippen molar-refractivity contribution in [1.29, 1.82) is 0 Å². The number of carbonyl (C=O) groups is 2. The maximum atomic E-state index is 8.89. The van der Waals surface area contributed by atoms with Crippen LogP contribution in [0.5, 0.6) is 0 Å². The summed E-state index contributed by atoms with van der Waals surface area (Å²) >= 11 is 0. The fourth-order valence-corrected chi connectivity index (χ4v) is 0. The van der Waals surface area contributed by atoms with Gasteiger partial charge in [0.15, 0.2) is 0 Å². The first-order chi connectivity index (χ1) is 7.29. The first-order valence-corrected chi connectivity index (χ1v) is 4.86. The second kappa shape index (κ2) is 36.0. The van der Waals surface area contributed by atoms with Gasteiger partial charge in [0.1, 0.15) is 0 Å². The van der Waals surface area contributed by atoms with Crippen molar-refractivity contribution in [3.8, 4) is 0 Å². The summed E-state index contributed by atoms with van der Waals surface area (Å²) in [6.45, 7) is 6.44. The molecule has 0 atom stereocenters. The van der Waals surface area contributed by atoms with E-state index in [2.05, 4.69) is 0 Å². The fourth-order valence-electron chi connectivity index (χ4n) is 0. The Morgan fingerprint density at radius 3 is 0.941 bits per heavy atom. The minimum atomic E-state index is -1.08. The number of carbonyl (C=O) groups excluding carboxylic acids is 2. The van der Waals surface area contributed by atoms with Gasteiger partial charge in [-0.1, -0.05) is 13.8 Å². The minimum Gasteiger partial charge on any atom is -0.550 e. The Balaban J connectivity index is -0.0000000369. The van der Waals surface area contributed by atoms with E-state index in [-0.39, 0.29) is 26.2 Å². The molecule has 0 radical (unpaired) electrons. The van der Waals surface area contributed by atoms with Gasteiger partial charge in [-0.25, -0.2) is 0 Å². The van der Waals surface area contributed by atoms with Gasteiger partial charge in [-0.2, -0.15) is 0 Å². The Hall–Kier alpha value is -0.257. The maximum Gasteiger partial charge on any atom is 2.00 e. The van der Waals surface area contributed by atoms with Gasteiger partial charge in [0.2, 0.25) is 0 Å². The van der Waals surface area contributed by atoms with Crippen LogP contribution in [0.25, 0.3) is 0 Å². The molecular weight excluding hydrogens is 307 g/mol. The summed E-state index contributed by atoms with van der Waals surface area (Å²) in [6, 6.07) is 0. The molecule has 0 saturated heterocycles. The Bertz CT molecular complexity index is 113. The fraction of sp³-hybridized carbons (Fsp3) is 0.800. The molecule has 0 rings (SSSR count). The van der Waals surface area contributed by atoms with E-state index in [4.69, 9.17) is 30.0 Å². The van der Waals surface area contributed by atoms with Crippen LogP contribution in [0, 0.1) is 0 Å². The van der Waals surface area contributed by atoms with E-state index in [1.165, 1.54) is 0 Å². The quantitative estimate of drug-likeness (QED) is 0.622. The third-order valence-electron chi connectivity index (χ3n) is 0.447. The SMILES string of the molecule is CC(=O)[O-].CC(=O)[O-].CCCO.CCCO.[Zr+2]. The van der Waals surface area contributed by atoms with Gasteiger partial charge in [0, 0.05) is 25.2 Å². The molecule has 0 aliphatic carbocycles. The van der Waals surface area contributed by atoms with Gasteiger partial charge in [-0.3, -0.25) is 0 Å². The summed E-state index contributed by atoms with van der Waals surface area (Å²) in [5.74, 6) is -2.17. The summed E-state index contributed by atoms with van der Waals surface area (Å²) < 4.78 is 0. The molecule has 0 bridgehead atoms. The third-order valence-corrected chi connectivity index (χ3v) is 0.447. The number of carboxylic acid groups (broad SMARTS) is 2. The molecule has 0 amide bonds. The van der Waals surface area contributed by atoms with Crippen LogP contribution in [-0.4, -0.2) is 35.4 Å². The first-order valence-electron chi connectivity index (χ1n) is 4.86. The van der Waals surface area contributed by atoms with E-state index in [1.807, 2.05) is 13.8 Å². The number of rotatable bonds is 2. The van der Waals surface area contributed by atoms with Crippen molar-refractivity contribution in [1.82, 2.24) is 0 Å². The molecule has 0 heterocycles. The van der Waals surface area contributed by atoms with Crippen LogP contribution < -0.4 is 10.2 Å². The molecule has 0 aliphatic heterocycles. The van der Waals surface area contributed by atoms with E-state index in [0.717, 1.165) is 26.7 Å². The monoisotopic (exact) mass is 328 g/mol. The molecule has 0 aromatic carbocycles. The molecule has 0 aromatic heterocycles. The number of aliphatic hydroxyl groups is 2. The van der Waals surface area contributed by atoms with Crippen LogP contribution in [0.3, 0.4) is 0 Å². The Morgan fingerprint density at radius 2 is 0.941 bits per heavy atom. The van der Waals surface area contributed by atoms with Crippen molar-refractivity contribution >= 4 is 11.9 Å². The molecule has 0 aromatic rings. The molecule has 6 nitrogen and oxygen atoms in total. The van der Waals surface area contributed by atoms with Gasteiger partial charge >= 0.3 is 26.2 Å². The molecule has 7 heteroatoms. The molecule has 0 fully saturated rings. The van der Waals surface area contributed by atoms with Crippen molar-refractivity contribution in [2.24, 2.45) is 0 Å².